The lowest BCUT2D eigenvalue weighted by Gasteiger charge is -2.25. The molecule has 10 rings (SSSR count). The van der Waals surface area contributed by atoms with E-state index in [9.17, 15) is 0 Å². The summed E-state index contributed by atoms with van der Waals surface area (Å²) in [5, 5.41) is 10.4. The summed E-state index contributed by atoms with van der Waals surface area (Å²) in [4.78, 5) is 15.2. The van der Waals surface area contributed by atoms with Crippen LogP contribution in [0.1, 0.15) is 37.8 Å². The molecule has 1 atom stereocenters. The number of fused-ring (bicyclic) bond motifs is 5. The fourth-order valence-corrected chi connectivity index (χ4v) is 7.94. The maximum Gasteiger partial charge on any atom is 0.163 e. The minimum absolute atomic E-state index is 0.282. The van der Waals surface area contributed by atoms with Gasteiger partial charge in [0.05, 0.1) is 11.0 Å². The van der Waals surface area contributed by atoms with Crippen molar-refractivity contribution in [2.45, 2.75) is 31.6 Å². The summed E-state index contributed by atoms with van der Waals surface area (Å²) >= 11 is 0. The van der Waals surface area contributed by atoms with Crippen molar-refractivity contribution in [3.63, 3.8) is 0 Å². The summed E-state index contributed by atoms with van der Waals surface area (Å²) in [5.74, 6) is 2.30. The first-order valence-corrected chi connectivity index (χ1v) is 16.8. The maximum absolute atomic E-state index is 5.12. The van der Waals surface area contributed by atoms with Gasteiger partial charge in [-0.15, -0.1) is 0 Å². The van der Waals surface area contributed by atoms with Crippen molar-refractivity contribution >= 4 is 59.7 Å². The lowest BCUT2D eigenvalue weighted by Crippen LogP contribution is -2.24. The number of hydrogen-bond donors (Lipinski definition) is 0. The van der Waals surface area contributed by atoms with Crippen LogP contribution in [0.25, 0.3) is 76.8 Å². The van der Waals surface area contributed by atoms with Gasteiger partial charge >= 0.3 is 0 Å². The quantitative estimate of drug-likeness (QED) is 0.185. The highest BCUT2D eigenvalue weighted by Crippen LogP contribution is 2.45. The number of benzene rings is 6. The minimum Gasteiger partial charge on any atom is -0.309 e. The molecule has 0 N–H and O–H groups in total. The number of hydrogen-bond acceptors (Lipinski definition) is 3. The largest absolute Gasteiger partial charge is 0.309 e. The highest BCUT2D eigenvalue weighted by Gasteiger charge is 2.29. The zero-order valence-electron chi connectivity index (χ0n) is 26.7. The monoisotopic (exact) mass is 616 g/mol. The summed E-state index contributed by atoms with van der Waals surface area (Å²) in [7, 11) is 0. The van der Waals surface area contributed by atoms with E-state index in [1.807, 2.05) is 0 Å². The van der Waals surface area contributed by atoms with Crippen molar-refractivity contribution in [2.24, 2.45) is 0 Å². The fraction of sp³-hybridized carbons (Fsp3) is 0.114. The van der Waals surface area contributed by atoms with Crippen LogP contribution >= 0.6 is 0 Å². The number of aromatic nitrogens is 4. The van der Waals surface area contributed by atoms with E-state index in [0.29, 0.717) is 5.82 Å². The molecule has 228 valence electrons. The van der Waals surface area contributed by atoms with E-state index in [-0.39, 0.29) is 5.41 Å². The van der Waals surface area contributed by atoms with Gasteiger partial charge in [0, 0.05) is 32.8 Å². The molecule has 4 nitrogen and oxygen atoms in total. The average Bonchev–Trinajstić information content (AvgIpc) is 3.50. The van der Waals surface area contributed by atoms with Crippen molar-refractivity contribution in [3.8, 4) is 17.1 Å². The predicted molar refractivity (Wildman–Crippen MR) is 200 cm³/mol. The molecule has 0 amide bonds. The smallest absolute Gasteiger partial charge is 0.163 e. The second-order valence-electron chi connectivity index (χ2n) is 13.4. The normalized spacial score (nSPS) is 17.8. The third-order valence-corrected chi connectivity index (χ3v) is 10.4. The summed E-state index contributed by atoms with van der Waals surface area (Å²) in [5.41, 5.74) is 5.42. The van der Waals surface area contributed by atoms with Crippen molar-refractivity contribution < 1.29 is 0 Å². The molecule has 2 aliphatic rings. The second-order valence-corrected chi connectivity index (χ2v) is 13.4. The minimum atomic E-state index is -0.282. The highest BCUT2D eigenvalue weighted by atomic mass is 15.0. The van der Waals surface area contributed by atoms with Gasteiger partial charge < -0.3 is 4.57 Å². The molecule has 6 aromatic carbocycles. The third kappa shape index (κ3) is 3.99. The molecule has 0 aliphatic heterocycles. The number of nitrogens with zero attached hydrogens (tertiary/aromatic N) is 4. The predicted octanol–water partition coefficient (Wildman–Crippen LogP) is 11.0. The first-order valence-electron chi connectivity index (χ1n) is 16.8. The average molecular weight is 617 g/mol. The Kier molecular flexibility index (Phi) is 5.86. The number of rotatable bonds is 4. The van der Waals surface area contributed by atoms with E-state index >= 15 is 0 Å². The summed E-state index contributed by atoms with van der Waals surface area (Å²) < 4.78 is 2.45. The van der Waals surface area contributed by atoms with Crippen molar-refractivity contribution in [2.75, 3.05) is 0 Å². The van der Waals surface area contributed by atoms with E-state index in [4.69, 9.17) is 15.0 Å². The Balaban J connectivity index is 1.19. The fourth-order valence-electron chi connectivity index (χ4n) is 7.94. The standard InChI is InChI=1S/C44H32N4/c1-44(26-8-3-9-27-44)43-46-41(30-12-4-2-5-13-30)45-42(47-43)31-22-24-32(25-23-31)48-36-19-7-6-16-33(36)39-34-17-10-14-28-20-21-29-15-11-18-35(40(39)48)38(29)37(28)34/h2-4,6-12,14-26H,5,13,27H2,1H3. The Morgan fingerprint density at radius 1 is 0.625 bits per heavy atom. The molecule has 0 fully saturated rings. The first kappa shape index (κ1) is 27.3. The molecular formula is C44H32N4. The van der Waals surface area contributed by atoms with Crippen LogP contribution in [0.3, 0.4) is 0 Å². The van der Waals surface area contributed by atoms with Crippen molar-refractivity contribution in [1.29, 1.82) is 0 Å². The zero-order chi connectivity index (χ0) is 31.8. The maximum atomic E-state index is 5.12. The molecule has 0 radical (unpaired) electrons. The summed E-state index contributed by atoms with van der Waals surface area (Å²) in [6.45, 7) is 2.22. The van der Waals surface area contributed by atoms with Crippen LogP contribution in [-0.4, -0.2) is 19.5 Å². The lowest BCUT2D eigenvalue weighted by molar-refractivity contribution is 0.551. The molecule has 0 bridgehead atoms. The van der Waals surface area contributed by atoms with Crippen LogP contribution in [0.4, 0.5) is 0 Å². The summed E-state index contributed by atoms with van der Waals surface area (Å²) in [6.07, 6.45) is 17.9. The SMILES string of the molecule is CC1(c2nc(C3=CC=CCC3)nc(-c3ccc(-n4c5ccccc5c5c6cccc7ccc8cccc(c8c76)c54)cc3)n2)C=CC=CC1. The van der Waals surface area contributed by atoms with E-state index in [1.54, 1.807) is 0 Å². The van der Waals surface area contributed by atoms with Gasteiger partial charge in [-0.1, -0.05) is 109 Å². The van der Waals surface area contributed by atoms with Gasteiger partial charge in [0.2, 0.25) is 0 Å². The van der Waals surface area contributed by atoms with Gasteiger partial charge in [-0.25, -0.2) is 15.0 Å². The lowest BCUT2D eigenvalue weighted by atomic mass is 9.83. The Bertz CT molecular complexity index is 2700. The second kappa shape index (κ2) is 10.3. The molecule has 0 spiro atoms. The van der Waals surface area contributed by atoms with E-state index < -0.39 is 0 Å². The number of allylic oxidation sites excluding steroid dienone is 8. The van der Waals surface area contributed by atoms with E-state index in [1.165, 1.54) is 54.1 Å². The van der Waals surface area contributed by atoms with Crippen molar-refractivity contribution in [1.82, 2.24) is 19.5 Å². The van der Waals surface area contributed by atoms with E-state index in [0.717, 1.165) is 47.7 Å². The molecule has 2 aromatic heterocycles. The molecule has 2 aliphatic carbocycles. The van der Waals surface area contributed by atoms with Crippen LogP contribution in [0.2, 0.25) is 0 Å². The Morgan fingerprint density at radius 2 is 1.38 bits per heavy atom. The molecule has 2 heterocycles. The van der Waals surface area contributed by atoms with Gasteiger partial charge in [0.15, 0.2) is 11.6 Å². The molecule has 1 unspecified atom stereocenters. The van der Waals surface area contributed by atoms with Crippen LogP contribution in [0, 0.1) is 0 Å². The van der Waals surface area contributed by atoms with Crippen LogP contribution < -0.4 is 0 Å². The Morgan fingerprint density at radius 3 is 2.15 bits per heavy atom. The topological polar surface area (TPSA) is 43.6 Å². The molecule has 4 heteroatoms. The molecule has 0 saturated carbocycles. The Hall–Kier alpha value is -5.87. The zero-order valence-corrected chi connectivity index (χ0v) is 26.7. The van der Waals surface area contributed by atoms with Gasteiger partial charge in [-0.2, -0.15) is 0 Å². The highest BCUT2D eigenvalue weighted by molar-refractivity contribution is 6.37. The van der Waals surface area contributed by atoms with Crippen molar-refractivity contribution in [3.05, 3.63) is 151 Å². The van der Waals surface area contributed by atoms with Gasteiger partial charge in [0.1, 0.15) is 5.82 Å². The summed E-state index contributed by atoms with van der Waals surface area (Å²) in [6, 6.07) is 35.6. The first-order chi connectivity index (χ1) is 23.7. The van der Waals surface area contributed by atoms with Crippen LogP contribution in [0.15, 0.2) is 140 Å². The van der Waals surface area contributed by atoms with Gasteiger partial charge in [0.25, 0.3) is 0 Å². The molecule has 48 heavy (non-hydrogen) atoms. The van der Waals surface area contributed by atoms with Crippen LogP contribution in [0.5, 0.6) is 0 Å². The molecule has 8 aromatic rings. The van der Waals surface area contributed by atoms with Gasteiger partial charge in [-0.3, -0.25) is 0 Å². The third-order valence-electron chi connectivity index (χ3n) is 10.4. The van der Waals surface area contributed by atoms with Crippen LogP contribution in [-0.2, 0) is 5.41 Å². The number of para-hydroxylation sites is 1. The van der Waals surface area contributed by atoms with E-state index in [2.05, 4.69) is 151 Å². The Labute approximate surface area is 278 Å². The molecule has 0 saturated heterocycles. The molecular weight excluding hydrogens is 585 g/mol. The van der Waals surface area contributed by atoms with Gasteiger partial charge in [-0.05, 0) is 89.0 Å².